The highest BCUT2D eigenvalue weighted by Gasteiger charge is 2.20. The molecule has 3 N–H and O–H groups in total. The molecular formula is C12H14N6O2S. The Morgan fingerprint density at radius 3 is 2.86 bits per heavy atom. The van der Waals surface area contributed by atoms with Crippen molar-refractivity contribution in [1.29, 1.82) is 0 Å². The molecule has 110 valence electrons. The molecule has 0 aliphatic heterocycles. The number of carbonyl (C=O) groups is 2. The van der Waals surface area contributed by atoms with Crippen LogP contribution in [-0.2, 0) is 4.79 Å². The molecule has 0 fully saturated rings. The van der Waals surface area contributed by atoms with Gasteiger partial charge < -0.3 is 5.73 Å². The van der Waals surface area contributed by atoms with Crippen molar-refractivity contribution in [3.63, 3.8) is 0 Å². The van der Waals surface area contributed by atoms with Crippen molar-refractivity contribution in [3.8, 4) is 5.69 Å². The molecule has 8 nitrogen and oxygen atoms in total. The smallest absolute Gasteiger partial charge is 0.318 e. The summed E-state index contributed by atoms with van der Waals surface area (Å²) in [5.41, 5.74) is 6.78. The van der Waals surface area contributed by atoms with Crippen LogP contribution in [0.4, 0.5) is 4.79 Å². The Morgan fingerprint density at radius 2 is 2.19 bits per heavy atom. The molecule has 2 rings (SSSR count). The standard InChI is InChI=1S/C12H14N6O2S/c1-7-4-3-5-9(6-7)18-12(15-16-17-18)21-8(2)10(19)14-11(13)20/h3-6,8H,1-2H3,(H3,13,14,19,20)/t8-/m0/s1. The van der Waals surface area contributed by atoms with Crippen molar-refractivity contribution in [1.82, 2.24) is 25.5 Å². The van der Waals surface area contributed by atoms with E-state index in [1.807, 2.05) is 36.5 Å². The van der Waals surface area contributed by atoms with Crippen molar-refractivity contribution in [2.45, 2.75) is 24.3 Å². The van der Waals surface area contributed by atoms with E-state index in [0.29, 0.717) is 5.16 Å². The number of nitrogens with one attached hydrogen (secondary N) is 1. The van der Waals surface area contributed by atoms with Crippen LogP contribution < -0.4 is 11.1 Å². The molecule has 0 saturated carbocycles. The molecule has 0 radical (unpaired) electrons. The summed E-state index contributed by atoms with van der Waals surface area (Å²) >= 11 is 1.13. The number of thioether (sulfide) groups is 1. The molecule has 1 aromatic carbocycles. The number of urea groups is 1. The van der Waals surface area contributed by atoms with Crippen LogP contribution in [0.25, 0.3) is 5.69 Å². The predicted octanol–water partition coefficient (Wildman–Crippen LogP) is 0.646. The number of hydrogen-bond acceptors (Lipinski definition) is 6. The van der Waals surface area contributed by atoms with E-state index in [1.165, 1.54) is 4.68 Å². The van der Waals surface area contributed by atoms with Gasteiger partial charge in [-0.1, -0.05) is 23.9 Å². The van der Waals surface area contributed by atoms with E-state index in [2.05, 4.69) is 15.5 Å². The Balaban J connectivity index is 2.17. The molecule has 3 amide bonds. The van der Waals surface area contributed by atoms with E-state index in [1.54, 1.807) is 6.92 Å². The van der Waals surface area contributed by atoms with Crippen molar-refractivity contribution < 1.29 is 9.59 Å². The minimum Gasteiger partial charge on any atom is -0.351 e. The minimum atomic E-state index is -0.884. The summed E-state index contributed by atoms with van der Waals surface area (Å²) in [7, 11) is 0. The molecule has 0 bridgehead atoms. The van der Waals surface area contributed by atoms with Crippen molar-refractivity contribution >= 4 is 23.7 Å². The summed E-state index contributed by atoms with van der Waals surface area (Å²) in [5.74, 6) is -0.494. The number of amides is 3. The van der Waals surface area contributed by atoms with Crippen LogP contribution in [0.15, 0.2) is 29.4 Å². The van der Waals surface area contributed by atoms with Crippen molar-refractivity contribution in [2.75, 3.05) is 0 Å². The van der Waals surface area contributed by atoms with E-state index in [-0.39, 0.29) is 0 Å². The first-order valence-electron chi connectivity index (χ1n) is 6.09. The van der Waals surface area contributed by atoms with Gasteiger partial charge in [0.2, 0.25) is 11.1 Å². The second-order valence-electron chi connectivity index (χ2n) is 4.33. The number of hydrogen-bond donors (Lipinski definition) is 2. The lowest BCUT2D eigenvalue weighted by Crippen LogP contribution is -2.39. The van der Waals surface area contributed by atoms with Crippen LogP contribution >= 0.6 is 11.8 Å². The second kappa shape index (κ2) is 6.35. The highest BCUT2D eigenvalue weighted by atomic mass is 32.2. The van der Waals surface area contributed by atoms with Gasteiger partial charge in [0.15, 0.2) is 0 Å². The van der Waals surface area contributed by atoms with Crippen LogP contribution in [0.1, 0.15) is 12.5 Å². The molecule has 2 aromatic rings. The summed E-state index contributed by atoms with van der Waals surface area (Å²) in [6, 6.07) is 6.76. The molecule has 9 heteroatoms. The SMILES string of the molecule is Cc1cccc(-n2nnnc2S[C@@H](C)C(=O)NC(N)=O)c1. The largest absolute Gasteiger partial charge is 0.351 e. The first-order valence-corrected chi connectivity index (χ1v) is 6.97. The maximum atomic E-state index is 11.7. The lowest BCUT2D eigenvalue weighted by Gasteiger charge is -2.10. The van der Waals surface area contributed by atoms with Gasteiger partial charge in [-0.05, 0) is 42.0 Å². The Bertz CT molecular complexity index is 671. The lowest BCUT2D eigenvalue weighted by molar-refractivity contribution is -0.119. The summed E-state index contributed by atoms with van der Waals surface area (Å²) in [6.07, 6.45) is 0. The van der Waals surface area contributed by atoms with Gasteiger partial charge in [-0.3, -0.25) is 10.1 Å². The topological polar surface area (TPSA) is 116 Å². The molecule has 0 aliphatic carbocycles. The summed E-state index contributed by atoms with van der Waals surface area (Å²) in [6.45, 7) is 3.60. The van der Waals surface area contributed by atoms with E-state index >= 15 is 0 Å². The van der Waals surface area contributed by atoms with E-state index in [9.17, 15) is 9.59 Å². The number of aromatic nitrogens is 4. The molecule has 0 saturated heterocycles. The normalized spacial score (nSPS) is 11.9. The first kappa shape index (κ1) is 15.0. The zero-order chi connectivity index (χ0) is 15.4. The van der Waals surface area contributed by atoms with Crippen LogP contribution in [0.5, 0.6) is 0 Å². The van der Waals surface area contributed by atoms with Gasteiger partial charge in [0.05, 0.1) is 10.9 Å². The number of aryl methyl sites for hydroxylation is 1. The number of nitrogens with two attached hydrogens (primary N) is 1. The quantitative estimate of drug-likeness (QED) is 0.801. The number of primary amides is 1. The third kappa shape index (κ3) is 3.78. The van der Waals surface area contributed by atoms with Crippen LogP contribution in [-0.4, -0.2) is 37.4 Å². The number of nitrogens with zero attached hydrogens (tertiary/aromatic N) is 4. The number of tetrazole rings is 1. The minimum absolute atomic E-state index is 0.452. The first-order chi connectivity index (χ1) is 9.97. The van der Waals surface area contributed by atoms with Gasteiger partial charge in [-0.25, -0.2) is 4.79 Å². The maximum absolute atomic E-state index is 11.7. The van der Waals surface area contributed by atoms with Gasteiger partial charge in [0.25, 0.3) is 0 Å². The van der Waals surface area contributed by atoms with Crippen LogP contribution in [0.3, 0.4) is 0 Å². The molecule has 21 heavy (non-hydrogen) atoms. The number of benzene rings is 1. The van der Waals surface area contributed by atoms with Crippen molar-refractivity contribution in [2.24, 2.45) is 5.73 Å². The Kier molecular flexibility index (Phi) is 4.53. The van der Waals surface area contributed by atoms with E-state index in [4.69, 9.17) is 5.73 Å². The fraction of sp³-hybridized carbons (Fsp3) is 0.250. The van der Waals surface area contributed by atoms with Crippen LogP contribution in [0, 0.1) is 6.92 Å². The average Bonchev–Trinajstić information content (AvgIpc) is 2.86. The Labute approximate surface area is 125 Å². The van der Waals surface area contributed by atoms with Gasteiger partial charge >= 0.3 is 6.03 Å². The Hall–Kier alpha value is -2.42. The lowest BCUT2D eigenvalue weighted by atomic mass is 10.2. The van der Waals surface area contributed by atoms with E-state index in [0.717, 1.165) is 23.0 Å². The second-order valence-corrected chi connectivity index (χ2v) is 5.63. The zero-order valence-electron chi connectivity index (χ0n) is 11.5. The van der Waals surface area contributed by atoms with Crippen molar-refractivity contribution in [3.05, 3.63) is 29.8 Å². The highest BCUT2D eigenvalue weighted by Crippen LogP contribution is 2.23. The molecule has 0 aliphatic rings. The van der Waals surface area contributed by atoms with Gasteiger partial charge in [0, 0.05) is 0 Å². The third-order valence-corrected chi connectivity index (χ3v) is 3.62. The summed E-state index contributed by atoms with van der Waals surface area (Å²) < 4.78 is 1.53. The third-order valence-electron chi connectivity index (χ3n) is 2.58. The number of imide groups is 1. The number of rotatable bonds is 4. The van der Waals surface area contributed by atoms with Gasteiger partial charge in [-0.2, -0.15) is 4.68 Å². The Morgan fingerprint density at radius 1 is 1.43 bits per heavy atom. The molecule has 1 heterocycles. The average molecular weight is 306 g/mol. The maximum Gasteiger partial charge on any atom is 0.318 e. The summed E-state index contributed by atoms with van der Waals surface area (Å²) in [4.78, 5) is 22.3. The molecule has 1 aromatic heterocycles. The molecule has 1 atom stereocenters. The predicted molar refractivity (Wildman–Crippen MR) is 76.9 cm³/mol. The summed E-state index contributed by atoms with van der Waals surface area (Å²) in [5, 5.41) is 13.3. The zero-order valence-corrected chi connectivity index (χ0v) is 12.3. The van der Waals surface area contributed by atoms with Gasteiger partial charge in [0.1, 0.15) is 0 Å². The van der Waals surface area contributed by atoms with Gasteiger partial charge in [-0.15, -0.1) is 5.10 Å². The highest BCUT2D eigenvalue weighted by molar-refractivity contribution is 8.00. The number of carbonyl (C=O) groups excluding carboxylic acids is 2. The van der Waals surface area contributed by atoms with Crippen LogP contribution in [0.2, 0.25) is 0 Å². The fourth-order valence-corrected chi connectivity index (χ4v) is 2.42. The monoisotopic (exact) mass is 306 g/mol. The molecular weight excluding hydrogens is 292 g/mol. The van der Waals surface area contributed by atoms with E-state index < -0.39 is 17.2 Å². The molecule has 0 spiro atoms. The molecule has 0 unspecified atom stereocenters. The fourth-order valence-electron chi connectivity index (χ4n) is 1.61.